The van der Waals surface area contributed by atoms with Gasteiger partial charge in [0.05, 0.1) is 11.7 Å². The van der Waals surface area contributed by atoms with E-state index in [1.165, 1.54) is 6.33 Å². The highest BCUT2D eigenvalue weighted by molar-refractivity contribution is 9.10. The maximum atomic E-state index is 12.5. The second-order valence-electron chi connectivity index (χ2n) is 5.95. The molecule has 1 aromatic heterocycles. The van der Waals surface area contributed by atoms with Crippen molar-refractivity contribution in [2.45, 2.75) is 13.0 Å². The van der Waals surface area contributed by atoms with Crippen LogP contribution < -0.4 is 0 Å². The molecule has 5 nitrogen and oxygen atoms in total. The Hall–Kier alpha value is -2.73. The highest BCUT2D eigenvalue weighted by Crippen LogP contribution is 2.21. The Morgan fingerprint density at radius 1 is 1.23 bits per heavy atom. The summed E-state index contributed by atoms with van der Waals surface area (Å²) < 4.78 is 2.69. The lowest BCUT2D eigenvalue weighted by atomic mass is 10.1. The summed E-state index contributed by atoms with van der Waals surface area (Å²) in [7, 11) is 1.81. The van der Waals surface area contributed by atoms with Gasteiger partial charge in [0.25, 0.3) is 0 Å². The number of carbonyl (C=O) groups excluding carboxylic acids is 1. The fourth-order valence-corrected chi connectivity index (χ4v) is 2.97. The third kappa shape index (κ3) is 4.26. The first-order valence-corrected chi connectivity index (χ1v) is 8.99. The first-order chi connectivity index (χ1) is 12.5. The van der Waals surface area contributed by atoms with Crippen molar-refractivity contribution >= 4 is 27.9 Å². The fraction of sp³-hybridized carbons (Fsp3) is 0.150. The summed E-state index contributed by atoms with van der Waals surface area (Å²) >= 11 is 3.43. The highest BCUT2D eigenvalue weighted by Gasteiger charge is 2.15. The largest absolute Gasteiger partial charge is 0.335 e. The molecule has 0 aliphatic carbocycles. The van der Waals surface area contributed by atoms with Gasteiger partial charge in [0, 0.05) is 17.6 Å². The van der Waals surface area contributed by atoms with Gasteiger partial charge >= 0.3 is 0 Å². The van der Waals surface area contributed by atoms with Crippen molar-refractivity contribution in [2.24, 2.45) is 0 Å². The number of halogens is 1. The third-order valence-electron chi connectivity index (χ3n) is 4.25. The van der Waals surface area contributed by atoms with Crippen molar-refractivity contribution in [3.63, 3.8) is 0 Å². The van der Waals surface area contributed by atoms with Crippen molar-refractivity contribution < 1.29 is 4.79 Å². The number of hydrogen-bond acceptors (Lipinski definition) is 3. The van der Waals surface area contributed by atoms with Gasteiger partial charge < -0.3 is 4.90 Å². The van der Waals surface area contributed by atoms with Crippen molar-refractivity contribution in [3.05, 3.63) is 82.9 Å². The monoisotopic (exact) mass is 410 g/mol. The van der Waals surface area contributed by atoms with E-state index >= 15 is 0 Å². The van der Waals surface area contributed by atoms with E-state index in [4.69, 9.17) is 0 Å². The number of likely N-dealkylation sites (N-methyl/N-ethyl adjacent to an activating group) is 1. The van der Waals surface area contributed by atoms with Crippen LogP contribution in [0.1, 0.15) is 24.1 Å². The average molecular weight is 411 g/mol. The molecule has 0 aliphatic heterocycles. The molecule has 0 bridgehead atoms. The van der Waals surface area contributed by atoms with Gasteiger partial charge in [-0.05, 0) is 48.4 Å². The lowest BCUT2D eigenvalue weighted by Gasteiger charge is -2.24. The zero-order valence-corrected chi connectivity index (χ0v) is 16.2. The molecule has 0 N–H and O–H groups in total. The Balaban J connectivity index is 1.68. The summed E-state index contributed by atoms with van der Waals surface area (Å²) in [6.07, 6.45) is 6.58. The van der Waals surface area contributed by atoms with E-state index in [1.807, 2.05) is 68.6 Å². The minimum absolute atomic E-state index is 0.0422. The normalized spacial score (nSPS) is 12.3. The molecule has 0 saturated heterocycles. The van der Waals surface area contributed by atoms with Crippen molar-refractivity contribution in [2.75, 3.05) is 7.05 Å². The number of benzene rings is 2. The van der Waals surface area contributed by atoms with Crippen LogP contribution in [-0.2, 0) is 4.79 Å². The number of aromatic nitrogens is 3. The van der Waals surface area contributed by atoms with Crippen LogP contribution in [0, 0.1) is 0 Å². The minimum Gasteiger partial charge on any atom is -0.335 e. The summed E-state index contributed by atoms with van der Waals surface area (Å²) in [6, 6.07) is 15.7. The van der Waals surface area contributed by atoms with E-state index < -0.39 is 0 Å². The molecule has 26 heavy (non-hydrogen) atoms. The predicted molar refractivity (Wildman–Crippen MR) is 106 cm³/mol. The van der Waals surface area contributed by atoms with Crippen LogP contribution >= 0.6 is 15.9 Å². The van der Waals surface area contributed by atoms with Gasteiger partial charge in [-0.15, -0.1) is 0 Å². The van der Waals surface area contributed by atoms with E-state index in [-0.39, 0.29) is 11.9 Å². The molecule has 0 saturated carbocycles. The van der Waals surface area contributed by atoms with Gasteiger partial charge in [-0.25, -0.2) is 9.67 Å². The molecule has 2 aromatic carbocycles. The maximum absolute atomic E-state index is 12.5. The Kier molecular flexibility index (Phi) is 5.63. The summed E-state index contributed by atoms with van der Waals surface area (Å²) in [5.74, 6) is -0.0437. The van der Waals surface area contributed by atoms with Crippen LogP contribution in [0.25, 0.3) is 11.8 Å². The molecule has 132 valence electrons. The molecule has 0 spiro atoms. The van der Waals surface area contributed by atoms with Crippen molar-refractivity contribution in [1.82, 2.24) is 19.7 Å². The van der Waals surface area contributed by atoms with E-state index in [2.05, 4.69) is 26.0 Å². The smallest absolute Gasteiger partial charge is 0.246 e. The van der Waals surface area contributed by atoms with Crippen LogP contribution in [-0.4, -0.2) is 32.6 Å². The molecule has 0 fully saturated rings. The first kappa shape index (κ1) is 18.1. The van der Waals surface area contributed by atoms with Crippen LogP contribution in [0.3, 0.4) is 0 Å². The van der Waals surface area contributed by atoms with Crippen molar-refractivity contribution in [3.8, 4) is 5.69 Å². The fourth-order valence-electron chi connectivity index (χ4n) is 2.56. The van der Waals surface area contributed by atoms with E-state index in [0.717, 1.165) is 21.3 Å². The SMILES string of the molecule is C[C@@H](c1ccc(-n2cncn2)cc1)N(C)C(=O)/C=C/c1cccc(Br)c1. The second kappa shape index (κ2) is 8.10. The molecule has 1 amide bonds. The summed E-state index contributed by atoms with van der Waals surface area (Å²) in [6.45, 7) is 2.01. The summed E-state index contributed by atoms with van der Waals surface area (Å²) in [5, 5.41) is 4.11. The van der Waals surface area contributed by atoms with Crippen molar-refractivity contribution in [1.29, 1.82) is 0 Å². The predicted octanol–water partition coefficient (Wildman–Crippen LogP) is 4.26. The van der Waals surface area contributed by atoms with Gasteiger partial charge in [-0.3, -0.25) is 4.79 Å². The standard InChI is InChI=1S/C20H19BrN4O/c1-15(17-7-9-19(10-8-17)25-14-22-13-23-25)24(2)20(26)11-6-16-4-3-5-18(21)12-16/h3-15H,1-2H3/b11-6+/t15-/m0/s1. The average Bonchev–Trinajstić information content (AvgIpc) is 3.20. The molecular weight excluding hydrogens is 392 g/mol. The van der Waals surface area contributed by atoms with Crippen LogP contribution in [0.15, 0.2) is 71.7 Å². The Morgan fingerprint density at radius 2 is 2.00 bits per heavy atom. The Bertz CT molecular complexity index is 904. The van der Waals surface area contributed by atoms with Gasteiger partial charge in [0.2, 0.25) is 5.91 Å². The molecular formula is C20H19BrN4O. The number of amides is 1. The van der Waals surface area contributed by atoms with E-state index in [1.54, 1.807) is 22.0 Å². The van der Waals surface area contributed by atoms with E-state index in [0.29, 0.717) is 0 Å². The molecule has 0 radical (unpaired) electrons. The first-order valence-electron chi connectivity index (χ1n) is 8.20. The van der Waals surface area contributed by atoms with Gasteiger partial charge in [-0.1, -0.05) is 40.2 Å². The Morgan fingerprint density at radius 3 is 2.65 bits per heavy atom. The number of nitrogens with zero attached hydrogens (tertiary/aromatic N) is 4. The van der Waals surface area contributed by atoms with Crippen LogP contribution in [0.4, 0.5) is 0 Å². The lowest BCUT2D eigenvalue weighted by Crippen LogP contribution is -2.27. The summed E-state index contributed by atoms with van der Waals surface area (Å²) in [4.78, 5) is 18.1. The zero-order chi connectivity index (χ0) is 18.5. The maximum Gasteiger partial charge on any atom is 0.246 e. The Labute approximate surface area is 161 Å². The summed E-state index contributed by atoms with van der Waals surface area (Å²) in [5.41, 5.74) is 2.97. The topological polar surface area (TPSA) is 51.0 Å². The molecule has 1 heterocycles. The molecule has 3 rings (SSSR count). The van der Waals surface area contributed by atoms with Crippen LogP contribution in [0.5, 0.6) is 0 Å². The van der Waals surface area contributed by atoms with Gasteiger partial charge in [0.15, 0.2) is 0 Å². The molecule has 1 atom stereocenters. The molecule has 6 heteroatoms. The highest BCUT2D eigenvalue weighted by atomic mass is 79.9. The van der Waals surface area contributed by atoms with Gasteiger partial charge in [0.1, 0.15) is 12.7 Å². The number of hydrogen-bond donors (Lipinski definition) is 0. The van der Waals surface area contributed by atoms with Gasteiger partial charge in [-0.2, -0.15) is 5.10 Å². The molecule has 3 aromatic rings. The zero-order valence-electron chi connectivity index (χ0n) is 14.6. The van der Waals surface area contributed by atoms with E-state index in [9.17, 15) is 4.79 Å². The quantitative estimate of drug-likeness (QED) is 0.590. The van der Waals surface area contributed by atoms with Crippen LogP contribution in [0.2, 0.25) is 0 Å². The number of rotatable bonds is 5. The molecule has 0 aliphatic rings. The second-order valence-corrected chi connectivity index (χ2v) is 6.86. The minimum atomic E-state index is -0.0437. The third-order valence-corrected chi connectivity index (χ3v) is 4.75. The molecule has 0 unspecified atom stereocenters. The lowest BCUT2D eigenvalue weighted by molar-refractivity contribution is -0.126. The number of carbonyl (C=O) groups is 1.